The Balaban J connectivity index is 1.37. The molecule has 0 amide bonds. The van der Waals surface area contributed by atoms with E-state index in [1.165, 1.54) is 7.11 Å². The van der Waals surface area contributed by atoms with Gasteiger partial charge in [0, 0.05) is 20.3 Å². The van der Waals surface area contributed by atoms with Crippen LogP contribution >= 0.6 is 0 Å². The predicted molar refractivity (Wildman–Crippen MR) is 251 cm³/mol. The molecule has 2 aliphatic rings. The highest BCUT2D eigenvalue weighted by Gasteiger charge is 2.54. The van der Waals surface area contributed by atoms with Gasteiger partial charge in [-0.25, -0.2) is 0 Å². The molecule has 0 aromatic heterocycles. The zero-order valence-electron chi connectivity index (χ0n) is 38.7. The molecular weight excluding hydrogens is 881 g/mol. The second-order valence-corrected chi connectivity index (χ2v) is 18.3. The minimum Gasteiger partial charge on any atom is -0.396 e. The van der Waals surface area contributed by atoms with E-state index in [9.17, 15) is 13.5 Å². The minimum atomic E-state index is -3.88. The highest BCUT2D eigenvalue weighted by molar-refractivity contribution is 7.85. The fraction of sp³-hybridized carbons (Fsp3) is 0.500. The molecule has 6 rings (SSSR count). The molecule has 14 nitrogen and oxygen atoms in total. The predicted octanol–water partition coefficient (Wildman–Crippen LogP) is 7.32. The maximum atomic E-state index is 12.3. The molecular formula is C52H68O14S. The van der Waals surface area contributed by atoms with Crippen molar-refractivity contribution in [2.45, 2.75) is 120 Å². The second kappa shape index (κ2) is 28.6. The van der Waals surface area contributed by atoms with Crippen molar-refractivity contribution in [1.29, 1.82) is 0 Å². The van der Waals surface area contributed by atoms with E-state index >= 15 is 0 Å². The van der Waals surface area contributed by atoms with Gasteiger partial charge < -0.3 is 52.5 Å². The molecule has 0 radical (unpaired) electrons. The van der Waals surface area contributed by atoms with E-state index in [1.54, 1.807) is 6.08 Å². The van der Waals surface area contributed by atoms with E-state index in [-0.39, 0.29) is 52.9 Å². The van der Waals surface area contributed by atoms with Crippen molar-refractivity contribution in [3.05, 3.63) is 156 Å². The smallest absolute Gasteiger partial charge is 0.264 e. The number of unbranched alkanes of at least 4 members (excludes halogenated alkanes) is 4. The molecule has 0 saturated carbocycles. The fourth-order valence-electron chi connectivity index (χ4n) is 8.06. The lowest BCUT2D eigenvalue weighted by Crippen LogP contribution is -2.66. The molecule has 0 spiro atoms. The summed E-state index contributed by atoms with van der Waals surface area (Å²) in [6.45, 7) is 5.23. The molecule has 2 aliphatic heterocycles. The normalized spacial score (nSPS) is 25.5. The van der Waals surface area contributed by atoms with Crippen LogP contribution < -0.4 is 0 Å². The van der Waals surface area contributed by atoms with Gasteiger partial charge in [0.25, 0.3) is 10.1 Å². The van der Waals surface area contributed by atoms with Gasteiger partial charge in [-0.2, -0.15) is 8.42 Å². The SMILES string of the molecule is C=CCO[C@@H]1[C@H](O[C@H]2O[C@H](COCCCCCCCO)[C@H](OCc3ccccc3)[C@H](OCc3ccccc3)[C@H]2OCc2ccccc2)[C@@H](OC)O[C@H](COS(C)(=O)=O)[C@H]1OCc1ccccc1. The molecule has 0 aliphatic carbocycles. The molecule has 15 heteroatoms. The molecule has 0 bridgehead atoms. The molecule has 2 saturated heterocycles. The molecule has 366 valence electrons. The Hall–Kier alpha value is -3.91. The van der Waals surface area contributed by atoms with Crippen molar-refractivity contribution in [2.75, 3.05) is 46.4 Å². The third kappa shape index (κ3) is 17.2. The molecule has 67 heavy (non-hydrogen) atoms. The molecule has 10 atom stereocenters. The van der Waals surface area contributed by atoms with Gasteiger partial charge in [-0.15, -0.1) is 6.58 Å². The first kappa shape index (κ1) is 52.5. The summed E-state index contributed by atoms with van der Waals surface area (Å²) in [7, 11) is -2.41. The van der Waals surface area contributed by atoms with Crippen molar-refractivity contribution >= 4 is 10.1 Å². The van der Waals surface area contributed by atoms with Gasteiger partial charge >= 0.3 is 0 Å². The van der Waals surface area contributed by atoms with Crippen LogP contribution in [0.3, 0.4) is 0 Å². The number of ether oxygens (including phenoxy) is 10. The number of methoxy groups -OCH3 is 1. The van der Waals surface area contributed by atoms with E-state index in [1.807, 2.05) is 121 Å². The Labute approximate surface area is 396 Å². The number of rotatable bonds is 30. The van der Waals surface area contributed by atoms with E-state index < -0.39 is 71.5 Å². The third-order valence-electron chi connectivity index (χ3n) is 11.4. The first-order valence-electron chi connectivity index (χ1n) is 23.1. The van der Waals surface area contributed by atoms with Crippen molar-refractivity contribution in [2.24, 2.45) is 0 Å². The zero-order chi connectivity index (χ0) is 47.1. The first-order chi connectivity index (χ1) is 32.8. The number of hydrogen-bond acceptors (Lipinski definition) is 14. The standard InChI is InChI=1S/C52H68O14S/c1-4-31-58-48-46(60-34-40-24-14-9-15-25-40)44(38-63-67(3,54)55)64-51(56-2)50(48)66-52-49(62-36-42-28-18-11-19-29-42)47(61-35-41-26-16-10-17-27-41)45(59-33-39-22-12-8-13-23-39)43(65-52)37-57-32-21-7-5-6-20-30-53/h4,8-19,22-29,43-53H,1,5-7,20-21,30-38H2,2-3H3/t43-,44-,45+,46-,47+,48+,49-,50+,51+,52-/m1/s1. The minimum absolute atomic E-state index is 0.0833. The van der Waals surface area contributed by atoms with Gasteiger partial charge in [-0.3, -0.25) is 4.18 Å². The van der Waals surface area contributed by atoms with E-state index in [4.69, 9.17) is 51.6 Å². The van der Waals surface area contributed by atoms with E-state index in [0.717, 1.165) is 60.6 Å². The molecule has 4 aromatic carbocycles. The van der Waals surface area contributed by atoms with Crippen molar-refractivity contribution in [3.63, 3.8) is 0 Å². The Bertz CT molecular complexity index is 2050. The zero-order valence-corrected chi connectivity index (χ0v) is 39.5. The lowest BCUT2D eigenvalue weighted by Gasteiger charge is -2.50. The summed E-state index contributed by atoms with van der Waals surface area (Å²) in [5, 5.41) is 9.24. The average Bonchev–Trinajstić information content (AvgIpc) is 3.35. The third-order valence-corrected chi connectivity index (χ3v) is 12.0. The van der Waals surface area contributed by atoms with Crippen molar-refractivity contribution < 1.29 is 65.1 Å². The maximum Gasteiger partial charge on any atom is 0.264 e. The number of aliphatic hydroxyl groups excluding tert-OH is 1. The van der Waals surface area contributed by atoms with Crippen LogP contribution in [0.4, 0.5) is 0 Å². The molecule has 4 aromatic rings. The number of hydrogen-bond donors (Lipinski definition) is 1. The molecule has 2 fully saturated rings. The monoisotopic (exact) mass is 948 g/mol. The summed E-state index contributed by atoms with van der Waals surface area (Å²) in [6, 6.07) is 39.1. The number of aliphatic hydroxyl groups is 1. The fourth-order valence-corrected chi connectivity index (χ4v) is 8.45. The Morgan fingerprint density at radius 2 is 0.985 bits per heavy atom. The molecule has 2 heterocycles. The Morgan fingerprint density at radius 1 is 0.552 bits per heavy atom. The lowest BCUT2D eigenvalue weighted by atomic mass is 9.96. The van der Waals surface area contributed by atoms with Crippen LogP contribution in [-0.2, 0) is 88.1 Å². The van der Waals surface area contributed by atoms with Crippen molar-refractivity contribution in [1.82, 2.24) is 0 Å². The van der Waals surface area contributed by atoms with Gasteiger partial charge in [-0.1, -0.05) is 147 Å². The van der Waals surface area contributed by atoms with Crippen LogP contribution in [0, 0.1) is 0 Å². The Kier molecular flexibility index (Phi) is 22.4. The lowest BCUT2D eigenvalue weighted by molar-refractivity contribution is -0.379. The number of benzene rings is 4. The topological polar surface area (TPSA) is 156 Å². The van der Waals surface area contributed by atoms with Crippen LogP contribution in [0.15, 0.2) is 134 Å². The summed E-state index contributed by atoms with van der Waals surface area (Å²) in [5.41, 5.74) is 3.70. The van der Waals surface area contributed by atoms with Gasteiger partial charge in [0.15, 0.2) is 12.6 Å². The van der Waals surface area contributed by atoms with Gasteiger partial charge in [0.1, 0.15) is 48.8 Å². The van der Waals surface area contributed by atoms with Crippen LogP contribution in [0.2, 0.25) is 0 Å². The summed E-state index contributed by atoms with van der Waals surface area (Å²) >= 11 is 0. The van der Waals surface area contributed by atoms with E-state index in [0.29, 0.717) is 6.61 Å². The second-order valence-electron chi connectivity index (χ2n) is 16.6. The quantitative estimate of drug-likeness (QED) is 0.0315. The highest BCUT2D eigenvalue weighted by atomic mass is 32.2. The van der Waals surface area contributed by atoms with Gasteiger partial charge in [0.2, 0.25) is 0 Å². The van der Waals surface area contributed by atoms with Crippen LogP contribution in [-0.4, -0.2) is 121 Å². The summed E-state index contributed by atoms with van der Waals surface area (Å²) in [4.78, 5) is 0. The van der Waals surface area contributed by atoms with Gasteiger partial charge in [0.05, 0.1) is 52.5 Å². The molecule has 0 unspecified atom stereocenters. The maximum absolute atomic E-state index is 12.3. The summed E-state index contributed by atoms with van der Waals surface area (Å²) < 4.78 is 96.7. The molecule has 1 N–H and O–H groups in total. The van der Waals surface area contributed by atoms with Crippen LogP contribution in [0.5, 0.6) is 0 Å². The Morgan fingerprint density at radius 3 is 1.46 bits per heavy atom. The van der Waals surface area contributed by atoms with Gasteiger partial charge in [-0.05, 0) is 35.1 Å². The summed E-state index contributed by atoms with van der Waals surface area (Å²) in [6.07, 6.45) is -2.22. The van der Waals surface area contributed by atoms with Crippen molar-refractivity contribution in [3.8, 4) is 0 Å². The van der Waals surface area contributed by atoms with E-state index in [2.05, 4.69) is 6.58 Å². The largest absolute Gasteiger partial charge is 0.396 e. The first-order valence-corrected chi connectivity index (χ1v) is 24.9. The van der Waals surface area contributed by atoms with Crippen LogP contribution in [0.1, 0.15) is 54.4 Å². The average molecular weight is 949 g/mol. The highest BCUT2D eigenvalue weighted by Crippen LogP contribution is 2.36. The summed E-state index contributed by atoms with van der Waals surface area (Å²) in [5.74, 6) is 0. The van der Waals surface area contributed by atoms with Crippen LogP contribution in [0.25, 0.3) is 0 Å².